The first-order valence-electron chi connectivity index (χ1n) is 29.4. The zero-order valence-electron chi connectivity index (χ0n) is 50.9. The average Bonchev–Trinajstić information content (AvgIpc) is 0.969. The smallest absolute Gasteiger partial charge is 0.121 e. The van der Waals surface area contributed by atoms with Gasteiger partial charge in [0.15, 0.2) is 0 Å². The minimum atomic E-state index is 0. The van der Waals surface area contributed by atoms with E-state index < -0.39 is 0 Å². The molecular weight excluding hydrogens is 1150 g/mol. The Bertz CT molecular complexity index is 3140. The van der Waals surface area contributed by atoms with Gasteiger partial charge in [-0.1, -0.05) is 151 Å². The fraction of sp³-hybridized carbons (Fsp3) is 0.420. The Morgan fingerprint density at radius 1 is 0.360 bits per heavy atom. The molecule has 14 nitrogen and oxygen atoms in total. The summed E-state index contributed by atoms with van der Waals surface area (Å²) in [6.07, 6.45) is 14.8. The summed E-state index contributed by atoms with van der Waals surface area (Å²) in [6, 6.07) is 41.4. The molecule has 461 valence electrons. The largest absolute Gasteiger partial charge is 0.508 e. The molecule has 0 aliphatic heterocycles. The second kappa shape index (κ2) is 43.0. The topological polar surface area (TPSA) is 166 Å². The number of ether oxygens (including phenoxy) is 8. The van der Waals surface area contributed by atoms with Gasteiger partial charge < -0.3 is 48.1 Å². The Morgan fingerprint density at radius 2 is 0.698 bits per heavy atom. The Morgan fingerprint density at radius 3 is 1.07 bits per heavy atom. The van der Waals surface area contributed by atoms with Crippen LogP contribution < -0.4 is 18.9 Å². The molecule has 6 aromatic carbocycles. The van der Waals surface area contributed by atoms with Crippen molar-refractivity contribution in [3.8, 4) is 79.5 Å². The van der Waals surface area contributed by atoms with Gasteiger partial charge >= 0.3 is 0 Å². The molecule has 0 saturated heterocycles. The number of hydrogen-bond donors (Lipinski definition) is 2. The third-order valence-corrected chi connectivity index (χ3v) is 13.7. The van der Waals surface area contributed by atoms with Crippen LogP contribution in [0.3, 0.4) is 0 Å². The van der Waals surface area contributed by atoms with Gasteiger partial charge in [-0.05, 0) is 92.1 Å². The molecule has 3 radical (unpaired) electrons. The number of halogens is 1. The van der Waals surface area contributed by atoms with Crippen LogP contribution in [0.15, 0.2) is 133 Å². The van der Waals surface area contributed by atoms with Crippen molar-refractivity contribution in [1.29, 1.82) is 0 Å². The quantitative estimate of drug-likeness (QED) is 0.0222. The maximum Gasteiger partial charge on any atom is 0.121 e. The summed E-state index contributed by atoms with van der Waals surface area (Å²) in [5.41, 5.74) is 9.05. The van der Waals surface area contributed by atoms with E-state index in [2.05, 4.69) is 67.8 Å². The monoisotopic (exact) mass is 1240 g/mol. The molecular formula is C69H91B2BrN4O10-. The van der Waals surface area contributed by atoms with E-state index in [1.807, 2.05) is 72.8 Å². The molecule has 0 aliphatic rings. The number of methoxy groups -OCH3 is 2. The van der Waals surface area contributed by atoms with Crippen LogP contribution in [0.25, 0.3) is 67.1 Å². The molecule has 2 N–H and O–H groups in total. The maximum absolute atomic E-state index is 9.98. The van der Waals surface area contributed by atoms with E-state index in [0.29, 0.717) is 94.2 Å². The Labute approximate surface area is 522 Å². The fourth-order valence-electron chi connectivity index (χ4n) is 8.71. The van der Waals surface area contributed by atoms with Crippen LogP contribution in [0, 0.1) is 0 Å². The summed E-state index contributed by atoms with van der Waals surface area (Å²) in [5, 5.41) is 21.1. The molecule has 86 heavy (non-hydrogen) atoms. The molecule has 2 heterocycles. The van der Waals surface area contributed by atoms with Crippen molar-refractivity contribution in [2.75, 3.05) is 85.6 Å². The van der Waals surface area contributed by atoms with Crippen LogP contribution in [0.2, 0.25) is 6.82 Å². The average molecular weight is 1240 g/mol. The number of aromatic hydroxyl groups is 2. The number of benzene rings is 6. The lowest BCUT2D eigenvalue weighted by molar-refractivity contribution is 0.0544. The molecule has 0 aliphatic carbocycles. The lowest BCUT2D eigenvalue weighted by atomic mass is 10.0. The van der Waals surface area contributed by atoms with E-state index in [1.165, 1.54) is 69.5 Å². The van der Waals surface area contributed by atoms with Gasteiger partial charge in [-0.15, -0.1) is 0 Å². The van der Waals surface area contributed by atoms with Crippen LogP contribution >= 0.6 is 15.9 Å². The summed E-state index contributed by atoms with van der Waals surface area (Å²) in [6.45, 7) is 14.3. The van der Waals surface area contributed by atoms with Gasteiger partial charge in [0.2, 0.25) is 0 Å². The van der Waals surface area contributed by atoms with Crippen molar-refractivity contribution in [3.05, 3.63) is 133 Å². The number of fused-ring (bicyclic) bond motifs is 2. The number of aromatic nitrogens is 4. The Balaban J connectivity index is 0.000000330. The highest BCUT2D eigenvalue weighted by atomic mass is 79.9. The second-order valence-electron chi connectivity index (χ2n) is 19.8. The number of unbranched alkanes of at least 4 members (excludes halogenated alkanes) is 9. The highest BCUT2D eigenvalue weighted by Gasteiger charge is 2.18. The van der Waals surface area contributed by atoms with Gasteiger partial charge in [0, 0.05) is 62.3 Å². The number of phenolic OH excluding ortho intramolecular Hbond substituents is 2. The van der Waals surface area contributed by atoms with Gasteiger partial charge in [0.1, 0.15) is 47.7 Å². The molecule has 17 heteroatoms. The van der Waals surface area contributed by atoms with Crippen LogP contribution in [0.4, 0.5) is 0 Å². The molecule has 2 aromatic heterocycles. The zero-order valence-corrected chi connectivity index (χ0v) is 52.5. The van der Waals surface area contributed by atoms with Crippen LogP contribution in [-0.2, 0) is 18.9 Å². The van der Waals surface area contributed by atoms with Gasteiger partial charge in [-0.3, -0.25) is 0 Å². The first kappa shape index (κ1) is 71.7. The summed E-state index contributed by atoms with van der Waals surface area (Å²) in [7, 11) is 4.04. The number of alkyl halides is 1. The van der Waals surface area contributed by atoms with Crippen molar-refractivity contribution in [3.63, 3.8) is 0 Å². The van der Waals surface area contributed by atoms with Gasteiger partial charge in [-0.2, -0.15) is 6.82 Å². The number of hydrogen-bond acceptors (Lipinski definition) is 14. The van der Waals surface area contributed by atoms with Crippen LogP contribution in [0.5, 0.6) is 34.5 Å². The molecule has 0 fully saturated rings. The molecule has 0 saturated carbocycles. The standard InChI is InChI=1S/C37H48N2O5.C25H24N2O5.C6H13Br.CH6B.B/c1-4-6-8-10-20-42-31-16-12-14-29(26-31)36-37(30-15-13-17-32(27-30)43-21-11-9-7-5-2)39-35-28-33(18-19-34(35)38-36)44-25-24-41-23-22-40-3;1-30-10-11-31-12-13-32-21-8-9-22-23(16-21)27-25(18-5-3-7-20(29)15-18)24(26-22)17-4-2-6-19(28)14-17;1-2-3-4-5-6-7;1-2;/h12-19,26-28H,4-11,20-25H2,1-3H3;2-9,14-16,28-29H,10-13H2,1H3;2-6H2,1H3;1-2H3;/q;;;-1;. The summed E-state index contributed by atoms with van der Waals surface area (Å²) in [5.74, 6) is 3.34. The van der Waals surface area contributed by atoms with Crippen molar-refractivity contribution < 1.29 is 48.1 Å². The van der Waals surface area contributed by atoms with Crippen LogP contribution in [0.1, 0.15) is 97.8 Å². The number of rotatable bonds is 34. The Hall–Kier alpha value is -6.75. The Kier molecular flexibility index (Phi) is 35.8. The number of nitrogens with zero attached hydrogens (tertiary/aromatic N) is 4. The van der Waals surface area contributed by atoms with Crippen molar-refractivity contribution in [1.82, 2.24) is 19.9 Å². The van der Waals surface area contributed by atoms with E-state index >= 15 is 0 Å². The summed E-state index contributed by atoms with van der Waals surface area (Å²) >= 11 is 3.38. The lowest BCUT2D eigenvalue weighted by Crippen LogP contribution is -2.10. The van der Waals surface area contributed by atoms with E-state index in [9.17, 15) is 10.2 Å². The fourth-order valence-corrected chi connectivity index (χ4v) is 9.11. The molecule has 8 aromatic rings. The molecule has 8 rings (SSSR count). The predicted molar refractivity (Wildman–Crippen MR) is 359 cm³/mol. The lowest BCUT2D eigenvalue weighted by Gasteiger charge is -2.14. The minimum absolute atomic E-state index is 0. The second-order valence-corrected chi connectivity index (χ2v) is 20.6. The van der Waals surface area contributed by atoms with Gasteiger partial charge in [-0.25, -0.2) is 19.9 Å². The van der Waals surface area contributed by atoms with Crippen molar-refractivity contribution in [2.45, 2.75) is 105 Å². The van der Waals surface area contributed by atoms with E-state index in [4.69, 9.17) is 57.8 Å². The molecule has 0 unspecified atom stereocenters. The number of phenols is 2. The normalized spacial score (nSPS) is 10.7. The zero-order chi connectivity index (χ0) is 60.7. The van der Waals surface area contributed by atoms with Gasteiger partial charge in [0.25, 0.3) is 0 Å². The molecule has 0 spiro atoms. The van der Waals surface area contributed by atoms with E-state index in [1.54, 1.807) is 50.6 Å². The maximum atomic E-state index is 9.98. The highest BCUT2D eigenvalue weighted by Crippen LogP contribution is 2.37. The first-order valence-corrected chi connectivity index (χ1v) is 30.5. The van der Waals surface area contributed by atoms with Crippen molar-refractivity contribution >= 4 is 54.3 Å². The van der Waals surface area contributed by atoms with Gasteiger partial charge in [0.05, 0.1) is 97.7 Å². The van der Waals surface area contributed by atoms with E-state index in [0.717, 1.165) is 82.6 Å². The third kappa shape index (κ3) is 25.3. The minimum Gasteiger partial charge on any atom is -0.508 e. The molecule has 0 bridgehead atoms. The SMILES string of the molecule is CCCCCCBr.CCCCCCOc1cccc(-c2nc3ccc(OCCOCCOC)cc3nc2-c2cccc(OCCCCCC)c2)c1.COCCOCCOc1ccc2nc(-c3cccc(O)c3)c(-c3cccc(O)c3)nc2c1.[BH3-]C.[B]. The third-order valence-electron chi connectivity index (χ3n) is 13.1. The molecule has 0 amide bonds. The molecule has 0 atom stereocenters. The summed E-state index contributed by atoms with van der Waals surface area (Å²) < 4.78 is 44.9. The highest BCUT2D eigenvalue weighted by molar-refractivity contribution is 9.09. The summed E-state index contributed by atoms with van der Waals surface area (Å²) in [4.78, 5) is 19.9. The van der Waals surface area contributed by atoms with E-state index in [-0.39, 0.29) is 19.9 Å². The predicted octanol–water partition coefficient (Wildman–Crippen LogP) is 15.3. The first-order chi connectivity index (χ1) is 41.8. The van der Waals surface area contributed by atoms with Crippen molar-refractivity contribution in [2.24, 2.45) is 0 Å². The van der Waals surface area contributed by atoms with Crippen LogP contribution in [-0.4, -0.2) is 132 Å².